The average Bonchev–Trinajstić information content (AvgIpc) is 2.38. The highest BCUT2D eigenvalue weighted by molar-refractivity contribution is 5.99. The minimum atomic E-state index is -0.515. The van der Waals surface area contributed by atoms with Crippen LogP contribution in [-0.2, 0) is 0 Å². The molecule has 1 rings (SSSR count). The molecule has 0 heterocycles. The van der Waals surface area contributed by atoms with Crippen LogP contribution >= 0.6 is 0 Å². The van der Waals surface area contributed by atoms with Crippen molar-refractivity contribution in [3.63, 3.8) is 0 Å². The van der Waals surface area contributed by atoms with E-state index in [0.717, 1.165) is 12.1 Å². The zero-order valence-corrected chi connectivity index (χ0v) is 12.6. The Morgan fingerprint density at radius 3 is 2.20 bits per heavy atom. The molecule has 0 aliphatic carbocycles. The van der Waals surface area contributed by atoms with Crippen LogP contribution in [0.1, 0.15) is 33.2 Å². The van der Waals surface area contributed by atoms with Gasteiger partial charge in [-0.05, 0) is 51.7 Å². The lowest BCUT2D eigenvalue weighted by Gasteiger charge is -2.23. The van der Waals surface area contributed by atoms with Gasteiger partial charge in [-0.2, -0.15) is 0 Å². The van der Waals surface area contributed by atoms with E-state index in [0.29, 0.717) is 24.2 Å². The minimum absolute atomic E-state index is 0.0689. The van der Waals surface area contributed by atoms with E-state index in [1.807, 2.05) is 32.8 Å². The molecule has 0 radical (unpaired) electrons. The first-order valence-corrected chi connectivity index (χ1v) is 6.70. The van der Waals surface area contributed by atoms with Gasteiger partial charge in [0.05, 0.1) is 0 Å². The second-order valence-corrected chi connectivity index (χ2v) is 5.14. The molecule has 5 heteroatoms. The summed E-state index contributed by atoms with van der Waals surface area (Å²) in [6.45, 7) is 5.88. The van der Waals surface area contributed by atoms with E-state index in [-0.39, 0.29) is 5.91 Å². The number of carbonyl (C=O) groups is 2. The average molecular weight is 277 g/mol. The molecular formula is C15H23N3O2. The highest BCUT2D eigenvalue weighted by Crippen LogP contribution is 2.12. The number of benzene rings is 1. The van der Waals surface area contributed by atoms with E-state index < -0.39 is 5.91 Å². The molecule has 0 saturated carbocycles. The van der Waals surface area contributed by atoms with Gasteiger partial charge in [0.25, 0.3) is 5.91 Å². The molecule has 0 atom stereocenters. The number of likely N-dealkylation sites (N-methyl/N-ethyl adjacent to an activating group) is 2. The summed E-state index contributed by atoms with van der Waals surface area (Å²) in [5, 5.41) is 0. The first-order chi connectivity index (χ1) is 9.35. The van der Waals surface area contributed by atoms with Crippen molar-refractivity contribution in [2.24, 2.45) is 5.73 Å². The maximum atomic E-state index is 12.5. The molecule has 0 fully saturated rings. The molecule has 0 unspecified atom stereocenters. The standard InChI is InChI=1S/C15H23N3O2/c1-5-18(7-6-17(3)4)15(20)13-9-11(2)8-12(10-13)14(16)19/h8-10H,5-7H2,1-4H3,(H2,16,19). The molecule has 0 aliphatic rings. The molecule has 0 aliphatic heterocycles. The first-order valence-electron chi connectivity index (χ1n) is 6.70. The van der Waals surface area contributed by atoms with E-state index in [1.54, 1.807) is 23.1 Å². The van der Waals surface area contributed by atoms with Gasteiger partial charge in [0.1, 0.15) is 0 Å². The molecule has 0 saturated heterocycles. The van der Waals surface area contributed by atoms with Crippen LogP contribution in [-0.4, -0.2) is 55.3 Å². The third kappa shape index (κ3) is 4.35. The van der Waals surface area contributed by atoms with Gasteiger partial charge in [-0.25, -0.2) is 0 Å². The summed E-state index contributed by atoms with van der Waals surface area (Å²) in [4.78, 5) is 27.5. The van der Waals surface area contributed by atoms with Crippen LogP contribution in [0.3, 0.4) is 0 Å². The van der Waals surface area contributed by atoms with Crippen LogP contribution < -0.4 is 5.73 Å². The number of amides is 2. The zero-order valence-electron chi connectivity index (χ0n) is 12.6. The fourth-order valence-electron chi connectivity index (χ4n) is 1.96. The second-order valence-electron chi connectivity index (χ2n) is 5.14. The van der Waals surface area contributed by atoms with E-state index >= 15 is 0 Å². The van der Waals surface area contributed by atoms with Crippen molar-refractivity contribution in [2.45, 2.75) is 13.8 Å². The Morgan fingerprint density at radius 2 is 1.70 bits per heavy atom. The molecule has 0 bridgehead atoms. The lowest BCUT2D eigenvalue weighted by molar-refractivity contribution is 0.0754. The molecule has 0 spiro atoms. The van der Waals surface area contributed by atoms with Crippen molar-refractivity contribution >= 4 is 11.8 Å². The third-order valence-electron chi connectivity index (χ3n) is 3.09. The van der Waals surface area contributed by atoms with Crippen LogP contribution in [0.4, 0.5) is 0 Å². The predicted molar refractivity (Wildman–Crippen MR) is 79.8 cm³/mol. The lowest BCUT2D eigenvalue weighted by Crippen LogP contribution is -2.36. The molecule has 110 valence electrons. The van der Waals surface area contributed by atoms with Crippen molar-refractivity contribution in [3.8, 4) is 0 Å². The monoisotopic (exact) mass is 277 g/mol. The maximum absolute atomic E-state index is 12.5. The van der Waals surface area contributed by atoms with Crippen molar-refractivity contribution in [1.29, 1.82) is 0 Å². The predicted octanol–water partition coefficient (Wildman–Crippen LogP) is 1.12. The van der Waals surface area contributed by atoms with Gasteiger partial charge in [0, 0.05) is 30.8 Å². The third-order valence-corrected chi connectivity index (χ3v) is 3.09. The van der Waals surface area contributed by atoms with E-state index in [4.69, 9.17) is 5.73 Å². The highest BCUT2D eigenvalue weighted by Gasteiger charge is 2.16. The van der Waals surface area contributed by atoms with Crippen LogP contribution in [0.5, 0.6) is 0 Å². The number of nitrogens with two attached hydrogens (primary N) is 1. The summed E-state index contributed by atoms with van der Waals surface area (Å²) in [5.41, 5.74) is 7.03. The Labute approximate surface area is 120 Å². The van der Waals surface area contributed by atoms with Crippen molar-refractivity contribution in [1.82, 2.24) is 9.80 Å². The SMILES string of the molecule is CCN(CCN(C)C)C(=O)c1cc(C)cc(C(N)=O)c1. The summed E-state index contributed by atoms with van der Waals surface area (Å²) < 4.78 is 0. The first kappa shape index (κ1) is 16.2. The number of carbonyl (C=O) groups excluding carboxylic acids is 2. The van der Waals surface area contributed by atoms with Crippen LogP contribution in [0.15, 0.2) is 18.2 Å². The van der Waals surface area contributed by atoms with Gasteiger partial charge >= 0.3 is 0 Å². The van der Waals surface area contributed by atoms with E-state index in [2.05, 4.69) is 0 Å². The zero-order chi connectivity index (χ0) is 15.3. The molecule has 0 aromatic heterocycles. The van der Waals surface area contributed by atoms with Crippen molar-refractivity contribution in [3.05, 3.63) is 34.9 Å². The summed E-state index contributed by atoms with van der Waals surface area (Å²) >= 11 is 0. The van der Waals surface area contributed by atoms with Crippen LogP contribution in [0.25, 0.3) is 0 Å². The number of hydrogen-bond acceptors (Lipinski definition) is 3. The van der Waals surface area contributed by atoms with E-state index in [1.165, 1.54) is 0 Å². The number of aryl methyl sites for hydroxylation is 1. The number of nitrogens with zero attached hydrogens (tertiary/aromatic N) is 2. The molecule has 2 amide bonds. The van der Waals surface area contributed by atoms with Gasteiger partial charge in [-0.15, -0.1) is 0 Å². The molecule has 5 nitrogen and oxygen atoms in total. The fraction of sp³-hybridized carbons (Fsp3) is 0.467. The maximum Gasteiger partial charge on any atom is 0.253 e. The van der Waals surface area contributed by atoms with Gasteiger partial charge in [0.15, 0.2) is 0 Å². The molecule has 20 heavy (non-hydrogen) atoms. The topological polar surface area (TPSA) is 66.6 Å². The van der Waals surface area contributed by atoms with E-state index in [9.17, 15) is 9.59 Å². The molecule has 2 N–H and O–H groups in total. The van der Waals surface area contributed by atoms with Crippen LogP contribution in [0, 0.1) is 6.92 Å². The van der Waals surface area contributed by atoms with Gasteiger partial charge in [-0.1, -0.05) is 0 Å². The van der Waals surface area contributed by atoms with Crippen LogP contribution in [0.2, 0.25) is 0 Å². The van der Waals surface area contributed by atoms with Crippen molar-refractivity contribution < 1.29 is 9.59 Å². The lowest BCUT2D eigenvalue weighted by atomic mass is 10.0. The smallest absolute Gasteiger partial charge is 0.253 e. The summed E-state index contributed by atoms with van der Waals surface area (Å²) in [7, 11) is 3.94. The molecule has 1 aromatic rings. The second kappa shape index (κ2) is 7.05. The Balaban J connectivity index is 2.97. The quantitative estimate of drug-likeness (QED) is 0.847. The normalized spacial score (nSPS) is 10.7. The van der Waals surface area contributed by atoms with Gasteiger partial charge in [-0.3, -0.25) is 9.59 Å². The fourth-order valence-corrected chi connectivity index (χ4v) is 1.96. The summed E-state index contributed by atoms with van der Waals surface area (Å²) in [6.07, 6.45) is 0. The Hall–Kier alpha value is -1.88. The summed E-state index contributed by atoms with van der Waals surface area (Å²) in [6, 6.07) is 5.04. The number of rotatable bonds is 6. The minimum Gasteiger partial charge on any atom is -0.366 e. The Bertz CT molecular complexity index is 498. The van der Waals surface area contributed by atoms with Gasteiger partial charge in [0.2, 0.25) is 5.91 Å². The highest BCUT2D eigenvalue weighted by atomic mass is 16.2. The number of primary amides is 1. The van der Waals surface area contributed by atoms with Gasteiger partial charge < -0.3 is 15.5 Å². The largest absolute Gasteiger partial charge is 0.366 e. The summed E-state index contributed by atoms with van der Waals surface area (Å²) in [5.74, 6) is -0.584. The Kier molecular flexibility index (Phi) is 5.70. The number of hydrogen-bond donors (Lipinski definition) is 1. The van der Waals surface area contributed by atoms with Crippen molar-refractivity contribution in [2.75, 3.05) is 33.7 Å². The molecule has 1 aromatic carbocycles. The Morgan fingerprint density at radius 1 is 1.10 bits per heavy atom. The molecular weight excluding hydrogens is 254 g/mol.